The molecule has 1 unspecified atom stereocenters. The smallest absolute Gasteiger partial charge is 0.161 e. The molecule has 0 spiro atoms. The number of ether oxygens (including phenoxy) is 1. The third-order valence-electron chi connectivity index (χ3n) is 3.70. The highest BCUT2D eigenvalue weighted by Gasteiger charge is 2.22. The first-order chi connectivity index (χ1) is 10.7. The molecule has 5 nitrogen and oxygen atoms in total. The number of morpholine rings is 1. The van der Waals surface area contributed by atoms with Gasteiger partial charge in [0, 0.05) is 31.4 Å². The van der Waals surface area contributed by atoms with Crippen molar-refractivity contribution < 1.29 is 4.74 Å². The molecule has 2 aromatic rings. The summed E-state index contributed by atoms with van der Waals surface area (Å²) in [7, 11) is 4.14. The molecule has 0 aliphatic carbocycles. The van der Waals surface area contributed by atoms with Crippen LogP contribution in [0.15, 0.2) is 42.6 Å². The van der Waals surface area contributed by atoms with E-state index in [0.29, 0.717) is 0 Å². The highest BCUT2D eigenvalue weighted by Crippen LogP contribution is 2.20. The maximum Gasteiger partial charge on any atom is 0.161 e. The predicted octanol–water partition coefficient (Wildman–Crippen LogP) is 1.91. The summed E-state index contributed by atoms with van der Waals surface area (Å²) < 4.78 is 5.83. The van der Waals surface area contributed by atoms with Crippen LogP contribution in [0.1, 0.15) is 0 Å². The van der Waals surface area contributed by atoms with Crippen LogP contribution in [0.3, 0.4) is 0 Å². The molecule has 0 bridgehead atoms. The van der Waals surface area contributed by atoms with E-state index in [9.17, 15) is 0 Å². The molecule has 1 aromatic heterocycles. The van der Waals surface area contributed by atoms with Crippen LogP contribution >= 0.6 is 0 Å². The van der Waals surface area contributed by atoms with Crippen molar-refractivity contribution in [2.24, 2.45) is 0 Å². The van der Waals surface area contributed by atoms with E-state index in [1.165, 1.54) is 0 Å². The van der Waals surface area contributed by atoms with Crippen molar-refractivity contribution in [3.63, 3.8) is 0 Å². The van der Waals surface area contributed by atoms with Gasteiger partial charge in [-0.3, -0.25) is 0 Å². The Morgan fingerprint density at radius 3 is 2.82 bits per heavy atom. The zero-order valence-electron chi connectivity index (χ0n) is 13.1. The Balaban J connectivity index is 1.77. The summed E-state index contributed by atoms with van der Waals surface area (Å²) in [5.74, 6) is 1.75. The summed E-state index contributed by atoms with van der Waals surface area (Å²) in [6.07, 6.45) is 2.06. The van der Waals surface area contributed by atoms with Gasteiger partial charge < -0.3 is 14.5 Å². The number of nitrogens with zero attached hydrogens (tertiary/aromatic N) is 4. The Kier molecular flexibility index (Phi) is 4.65. The molecule has 1 atom stereocenters. The summed E-state index contributed by atoms with van der Waals surface area (Å²) in [6, 6.07) is 12.1. The van der Waals surface area contributed by atoms with Gasteiger partial charge in [0.1, 0.15) is 5.82 Å². The molecule has 0 N–H and O–H groups in total. The zero-order valence-corrected chi connectivity index (χ0v) is 13.1. The van der Waals surface area contributed by atoms with Crippen LogP contribution in [0.25, 0.3) is 11.4 Å². The van der Waals surface area contributed by atoms with Gasteiger partial charge in [-0.1, -0.05) is 30.3 Å². The molecule has 116 valence electrons. The maximum absolute atomic E-state index is 5.83. The molecule has 1 fully saturated rings. The average Bonchev–Trinajstić information content (AvgIpc) is 2.55. The summed E-state index contributed by atoms with van der Waals surface area (Å²) in [6.45, 7) is 3.40. The summed E-state index contributed by atoms with van der Waals surface area (Å²) in [5.41, 5.74) is 1.04. The van der Waals surface area contributed by atoms with Gasteiger partial charge in [-0.2, -0.15) is 0 Å². The van der Waals surface area contributed by atoms with Crippen LogP contribution in [0.4, 0.5) is 5.82 Å². The van der Waals surface area contributed by atoms with E-state index in [1.54, 1.807) is 0 Å². The van der Waals surface area contributed by atoms with Crippen molar-refractivity contribution in [1.29, 1.82) is 0 Å². The van der Waals surface area contributed by atoms with Gasteiger partial charge in [0.05, 0.1) is 12.7 Å². The van der Waals surface area contributed by atoms with Gasteiger partial charge in [-0.15, -0.1) is 0 Å². The normalized spacial score (nSPS) is 18.7. The van der Waals surface area contributed by atoms with Crippen molar-refractivity contribution in [1.82, 2.24) is 14.9 Å². The number of benzene rings is 1. The fraction of sp³-hybridized carbons (Fsp3) is 0.412. The number of aromatic nitrogens is 2. The monoisotopic (exact) mass is 298 g/mol. The first-order valence-electron chi connectivity index (χ1n) is 7.62. The summed E-state index contributed by atoms with van der Waals surface area (Å²) in [4.78, 5) is 13.6. The first kappa shape index (κ1) is 14.9. The highest BCUT2D eigenvalue weighted by molar-refractivity contribution is 5.57. The van der Waals surface area contributed by atoms with Gasteiger partial charge in [-0.05, 0) is 20.2 Å². The fourth-order valence-electron chi connectivity index (χ4n) is 2.70. The zero-order chi connectivity index (χ0) is 15.4. The lowest BCUT2D eigenvalue weighted by atomic mass is 10.2. The van der Waals surface area contributed by atoms with Gasteiger partial charge in [0.15, 0.2) is 5.82 Å². The minimum Gasteiger partial charge on any atom is -0.373 e. The molecule has 1 aliphatic rings. The number of hydrogen-bond acceptors (Lipinski definition) is 5. The van der Waals surface area contributed by atoms with Crippen LogP contribution in [0.2, 0.25) is 0 Å². The Bertz CT molecular complexity index is 603. The molecule has 0 radical (unpaired) electrons. The lowest BCUT2D eigenvalue weighted by Gasteiger charge is -2.34. The van der Waals surface area contributed by atoms with E-state index in [2.05, 4.69) is 28.9 Å². The second-order valence-corrected chi connectivity index (χ2v) is 5.81. The Morgan fingerprint density at radius 2 is 2.05 bits per heavy atom. The van der Waals surface area contributed by atoms with Crippen LogP contribution in [-0.2, 0) is 4.74 Å². The van der Waals surface area contributed by atoms with Crippen molar-refractivity contribution >= 4 is 5.82 Å². The molecule has 5 heteroatoms. The molecule has 0 amide bonds. The van der Waals surface area contributed by atoms with Crippen LogP contribution in [-0.4, -0.2) is 61.3 Å². The van der Waals surface area contributed by atoms with Gasteiger partial charge in [0.25, 0.3) is 0 Å². The molecular weight excluding hydrogens is 276 g/mol. The van der Waals surface area contributed by atoms with Crippen molar-refractivity contribution in [3.05, 3.63) is 42.6 Å². The second-order valence-electron chi connectivity index (χ2n) is 5.81. The van der Waals surface area contributed by atoms with E-state index in [0.717, 1.165) is 43.4 Å². The minimum absolute atomic E-state index is 0.221. The molecule has 1 aromatic carbocycles. The standard InChI is InChI=1S/C17H22N4O/c1-20(2)12-15-13-21(10-11-22-15)16-8-9-18-17(19-16)14-6-4-3-5-7-14/h3-9,15H,10-13H2,1-2H3. The third-order valence-corrected chi connectivity index (χ3v) is 3.70. The Hall–Kier alpha value is -1.98. The van der Waals surface area contributed by atoms with E-state index in [1.807, 2.05) is 42.6 Å². The second kappa shape index (κ2) is 6.85. The molecule has 1 aliphatic heterocycles. The molecule has 3 rings (SSSR count). The van der Waals surface area contributed by atoms with E-state index in [-0.39, 0.29) is 6.10 Å². The topological polar surface area (TPSA) is 41.5 Å². The Morgan fingerprint density at radius 1 is 1.23 bits per heavy atom. The molecule has 1 saturated heterocycles. The quantitative estimate of drug-likeness (QED) is 0.862. The third kappa shape index (κ3) is 3.61. The summed E-state index contributed by atoms with van der Waals surface area (Å²) in [5, 5.41) is 0. The minimum atomic E-state index is 0.221. The maximum atomic E-state index is 5.83. The molecule has 22 heavy (non-hydrogen) atoms. The van der Waals surface area contributed by atoms with Gasteiger partial charge in [0.2, 0.25) is 0 Å². The van der Waals surface area contributed by atoms with Gasteiger partial charge >= 0.3 is 0 Å². The first-order valence-corrected chi connectivity index (χ1v) is 7.62. The Labute approximate surface area is 131 Å². The summed E-state index contributed by atoms with van der Waals surface area (Å²) >= 11 is 0. The number of likely N-dealkylation sites (N-methyl/N-ethyl adjacent to an activating group) is 1. The van der Waals surface area contributed by atoms with Crippen molar-refractivity contribution in [3.8, 4) is 11.4 Å². The number of rotatable bonds is 4. The van der Waals surface area contributed by atoms with E-state index < -0.39 is 0 Å². The van der Waals surface area contributed by atoms with E-state index in [4.69, 9.17) is 9.72 Å². The molecule has 0 saturated carbocycles. The number of anilines is 1. The average molecular weight is 298 g/mol. The van der Waals surface area contributed by atoms with Crippen LogP contribution < -0.4 is 4.90 Å². The fourth-order valence-corrected chi connectivity index (χ4v) is 2.70. The molecule has 2 heterocycles. The van der Waals surface area contributed by atoms with Gasteiger partial charge in [-0.25, -0.2) is 9.97 Å². The SMILES string of the molecule is CN(C)CC1CN(c2ccnc(-c3ccccc3)n2)CCO1. The van der Waals surface area contributed by atoms with Crippen molar-refractivity contribution in [2.45, 2.75) is 6.10 Å². The predicted molar refractivity (Wildman–Crippen MR) is 88.0 cm³/mol. The number of hydrogen-bond donors (Lipinski definition) is 0. The highest BCUT2D eigenvalue weighted by atomic mass is 16.5. The van der Waals surface area contributed by atoms with E-state index >= 15 is 0 Å². The van der Waals surface area contributed by atoms with Crippen LogP contribution in [0, 0.1) is 0 Å². The largest absolute Gasteiger partial charge is 0.373 e. The molecular formula is C17H22N4O. The van der Waals surface area contributed by atoms with Crippen LogP contribution in [0.5, 0.6) is 0 Å². The lowest BCUT2D eigenvalue weighted by Crippen LogP contribution is -2.46. The lowest BCUT2D eigenvalue weighted by molar-refractivity contribution is 0.0245. The van der Waals surface area contributed by atoms with Crippen molar-refractivity contribution in [2.75, 3.05) is 45.2 Å².